The second kappa shape index (κ2) is 6.02. The molecule has 0 aliphatic carbocycles. The Hall–Kier alpha value is -2.61. The Labute approximate surface area is 117 Å². The van der Waals surface area contributed by atoms with E-state index in [2.05, 4.69) is 16.4 Å². The van der Waals surface area contributed by atoms with Crippen LogP contribution in [0.3, 0.4) is 0 Å². The van der Waals surface area contributed by atoms with Gasteiger partial charge in [-0.3, -0.25) is 9.78 Å². The van der Waals surface area contributed by atoms with Crippen LogP contribution in [0.15, 0.2) is 30.5 Å². The van der Waals surface area contributed by atoms with Crippen LogP contribution in [0.2, 0.25) is 0 Å². The number of amides is 1. The molecule has 1 N–H and O–H groups in total. The number of nitrogens with zero attached hydrogens (tertiary/aromatic N) is 3. The number of pyridine rings is 1. The zero-order valence-electron chi connectivity index (χ0n) is 11.6. The van der Waals surface area contributed by atoms with Crippen LogP contribution in [-0.2, 0) is 4.79 Å². The van der Waals surface area contributed by atoms with Crippen LogP contribution >= 0.6 is 0 Å². The van der Waals surface area contributed by atoms with E-state index < -0.39 is 0 Å². The summed E-state index contributed by atoms with van der Waals surface area (Å²) in [5.74, 6) is -0.0164. The van der Waals surface area contributed by atoms with Crippen LogP contribution in [0.4, 0.5) is 5.69 Å². The summed E-state index contributed by atoms with van der Waals surface area (Å²) in [6.45, 7) is 2.73. The summed E-state index contributed by atoms with van der Waals surface area (Å²) in [5, 5.41) is 13.1. The summed E-state index contributed by atoms with van der Waals surface area (Å²) in [6.07, 6.45) is 1.53. The second-order valence-electron chi connectivity index (χ2n) is 4.44. The van der Waals surface area contributed by atoms with E-state index in [0.29, 0.717) is 17.8 Å². The maximum Gasteiger partial charge on any atom is 0.241 e. The number of hydrogen-bond donors (Lipinski definition) is 1. The highest BCUT2D eigenvalue weighted by Gasteiger charge is 2.11. The average Bonchev–Trinajstić information content (AvgIpc) is 2.51. The Bertz CT molecular complexity index is 675. The Morgan fingerprint density at radius 1 is 1.45 bits per heavy atom. The molecule has 0 bridgehead atoms. The fraction of sp³-hybridized carbons (Fsp3) is 0.267. The zero-order valence-corrected chi connectivity index (χ0v) is 11.6. The molecule has 0 aliphatic heterocycles. The number of likely N-dealkylation sites (N-methyl/N-ethyl adjacent to an activating group) is 1. The Morgan fingerprint density at radius 2 is 2.20 bits per heavy atom. The van der Waals surface area contributed by atoms with Crippen molar-refractivity contribution in [3.05, 3.63) is 36.0 Å². The highest BCUT2D eigenvalue weighted by molar-refractivity contribution is 5.95. The summed E-state index contributed by atoms with van der Waals surface area (Å²) in [7, 11) is 1.75. The monoisotopic (exact) mass is 268 g/mol. The van der Waals surface area contributed by atoms with Crippen molar-refractivity contribution >= 4 is 22.5 Å². The van der Waals surface area contributed by atoms with Crippen molar-refractivity contribution < 1.29 is 4.79 Å². The van der Waals surface area contributed by atoms with Gasteiger partial charge >= 0.3 is 0 Å². The molecule has 20 heavy (non-hydrogen) atoms. The molecule has 0 spiro atoms. The molecule has 0 aliphatic rings. The number of fused-ring (bicyclic) bond motifs is 1. The van der Waals surface area contributed by atoms with E-state index in [4.69, 9.17) is 0 Å². The molecular weight excluding hydrogens is 252 g/mol. The lowest BCUT2D eigenvalue weighted by atomic mass is 10.1. The van der Waals surface area contributed by atoms with Crippen LogP contribution in [0.1, 0.15) is 12.5 Å². The van der Waals surface area contributed by atoms with Crippen LogP contribution in [0, 0.1) is 11.3 Å². The SMILES string of the molecule is CCN(C)C(=O)CNc1c(C#N)cnc2ccccc12. The van der Waals surface area contributed by atoms with Crippen molar-refractivity contribution in [1.82, 2.24) is 9.88 Å². The molecule has 5 heteroatoms. The number of aromatic nitrogens is 1. The predicted molar refractivity (Wildman–Crippen MR) is 78.3 cm³/mol. The topological polar surface area (TPSA) is 69.0 Å². The van der Waals surface area contributed by atoms with Gasteiger partial charge < -0.3 is 10.2 Å². The van der Waals surface area contributed by atoms with Crippen molar-refractivity contribution in [2.45, 2.75) is 6.92 Å². The van der Waals surface area contributed by atoms with Gasteiger partial charge in [0.2, 0.25) is 5.91 Å². The highest BCUT2D eigenvalue weighted by atomic mass is 16.2. The minimum Gasteiger partial charge on any atom is -0.374 e. The van der Waals surface area contributed by atoms with E-state index in [1.807, 2.05) is 31.2 Å². The first-order valence-corrected chi connectivity index (χ1v) is 6.43. The summed E-state index contributed by atoms with van der Waals surface area (Å²) in [4.78, 5) is 17.7. The lowest BCUT2D eigenvalue weighted by Crippen LogP contribution is -2.32. The summed E-state index contributed by atoms with van der Waals surface area (Å²) < 4.78 is 0. The first kappa shape index (κ1) is 13.8. The van der Waals surface area contributed by atoms with Gasteiger partial charge in [-0.2, -0.15) is 5.26 Å². The van der Waals surface area contributed by atoms with Gasteiger partial charge in [-0.1, -0.05) is 18.2 Å². The summed E-state index contributed by atoms with van der Waals surface area (Å²) in [5.41, 5.74) is 1.90. The number of rotatable bonds is 4. The molecule has 0 radical (unpaired) electrons. The number of para-hydroxylation sites is 1. The minimum atomic E-state index is -0.0164. The van der Waals surface area contributed by atoms with Crippen LogP contribution in [0.25, 0.3) is 10.9 Å². The second-order valence-corrected chi connectivity index (χ2v) is 4.44. The number of hydrogen-bond acceptors (Lipinski definition) is 4. The molecule has 0 saturated carbocycles. The van der Waals surface area contributed by atoms with Crippen molar-refractivity contribution in [3.8, 4) is 6.07 Å². The largest absolute Gasteiger partial charge is 0.374 e. The van der Waals surface area contributed by atoms with Gasteiger partial charge in [0.15, 0.2) is 0 Å². The first-order chi connectivity index (χ1) is 9.67. The molecule has 1 aromatic carbocycles. The molecule has 102 valence electrons. The van der Waals surface area contributed by atoms with E-state index in [9.17, 15) is 10.1 Å². The third-order valence-corrected chi connectivity index (χ3v) is 3.21. The zero-order chi connectivity index (χ0) is 14.5. The van der Waals surface area contributed by atoms with Crippen molar-refractivity contribution in [1.29, 1.82) is 5.26 Å². The third kappa shape index (κ3) is 2.69. The summed E-state index contributed by atoms with van der Waals surface area (Å²) in [6, 6.07) is 9.65. The smallest absolute Gasteiger partial charge is 0.241 e. The Balaban J connectivity index is 2.33. The third-order valence-electron chi connectivity index (χ3n) is 3.21. The molecule has 1 heterocycles. The molecule has 0 unspecified atom stereocenters. The van der Waals surface area contributed by atoms with Gasteiger partial charge in [0, 0.05) is 25.2 Å². The fourth-order valence-electron chi connectivity index (χ4n) is 1.89. The molecule has 1 aromatic heterocycles. The van der Waals surface area contributed by atoms with Crippen LogP contribution in [0.5, 0.6) is 0 Å². The lowest BCUT2D eigenvalue weighted by molar-refractivity contribution is -0.127. The average molecular weight is 268 g/mol. The standard InChI is InChI=1S/C15H16N4O/c1-3-19(2)14(20)10-18-15-11(8-16)9-17-13-7-5-4-6-12(13)15/h4-7,9H,3,10H2,1-2H3,(H,17,18). The molecular formula is C15H16N4O. The number of carbonyl (C=O) groups is 1. The summed E-state index contributed by atoms with van der Waals surface area (Å²) >= 11 is 0. The van der Waals surface area contributed by atoms with Crippen LogP contribution in [-0.4, -0.2) is 35.9 Å². The van der Waals surface area contributed by atoms with Crippen molar-refractivity contribution in [2.75, 3.05) is 25.5 Å². The Morgan fingerprint density at radius 3 is 2.90 bits per heavy atom. The number of carbonyl (C=O) groups excluding carboxylic acids is 1. The van der Waals surface area contributed by atoms with E-state index in [0.717, 1.165) is 10.9 Å². The highest BCUT2D eigenvalue weighted by Crippen LogP contribution is 2.25. The van der Waals surface area contributed by atoms with E-state index in [1.54, 1.807) is 11.9 Å². The quantitative estimate of drug-likeness (QED) is 0.920. The molecule has 0 fully saturated rings. The van der Waals surface area contributed by atoms with Crippen molar-refractivity contribution in [3.63, 3.8) is 0 Å². The van der Waals surface area contributed by atoms with Gasteiger partial charge in [-0.25, -0.2) is 0 Å². The van der Waals surface area contributed by atoms with Gasteiger partial charge in [0.25, 0.3) is 0 Å². The maximum atomic E-state index is 11.8. The van der Waals surface area contributed by atoms with Crippen molar-refractivity contribution in [2.24, 2.45) is 0 Å². The van der Waals surface area contributed by atoms with Crippen LogP contribution < -0.4 is 5.32 Å². The lowest BCUT2D eigenvalue weighted by Gasteiger charge is -2.16. The number of anilines is 1. The molecule has 2 rings (SSSR count). The van der Waals surface area contributed by atoms with E-state index >= 15 is 0 Å². The van der Waals surface area contributed by atoms with Gasteiger partial charge in [0.05, 0.1) is 23.3 Å². The normalized spacial score (nSPS) is 10.1. The number of nitriles is 1. The first-order valence-electron chi connectivity index (χ1n) is 6.43. The molecule has 2 aromatic rings. The molecule has 5 nitrogen and oxygen atoms in total. The molecule has 0 saturated heterocycles. The van der Waals surface area contributed by atoms with Gasteiger partial charge in [-0.15, -0.1) is 0 Å². The van der Waals surface area contributed by atoms with Gasteiger partial charge in [0.1, 0.15) is 6.07 Å². The van der Waals surface area contributed by atoms with E-state index in [-0.39, 0.29) is 12.5 Å². The predicted octanol–water partition coefficient (Wildman–Crippen LogP) is 2.00. The maximum absolute atomic E-state index is 11.8. The van der Waals surface area contributed by atoms with Gasteiger partial charge in [-0.05, 0) is 13.0 Å². The molecule has 0 atom stereocenters. The number of nitrogens with one attached hydrogen (secondary N) is 1. The molecule has 1 amide bonds. The van der Waals surface area contributed by atoms with E-state index in [1.165, 1.54) is 6.20 Å². The fourth-order valence-corrected chi connectivity index (χ4v) is 1.89. The Kier molecular flexibility index (Phi) is 4.16. The number of benzene rings is 1. The minimum absolute atomic E-state index is 0.0164.